The zero-order valence-corrected chi connectivity index (χ0v) is 11.1. The highest BCUT2D eigenvalue weighted by Crippen LogP contribution is 2.03. The number of rotatable bonds is 11. The summed E-state index contributed by atoms with van der Waals surface area (Å²) in [5.74, 6) is -0.558. The van der Waals surface area contributed by atoms with Crippen molar-refractivity contribution in [1.29, 1.82) is 0 Å². The molecule has 0 bridgehead atoms. The Balaban J connectivity index is 1.97. The maximum atomic E-state index is 10.6. The van der Waals surface area contributed by atoms with Crippen LogP contribution in [0.4, 0.5) is 0 Å². The van der Waals surface area contributed by atoms with Gasteiger partial charge in [0.1, 0.15) is 0 Å². The van der Waals surface area contributed by atoms with Crippen molar-refractivity contribution in [3.63, 3.8) is 0 Å². The normalized spacial score (nSPS) is 10.8. The monoisotopic (exact) mass is 272 g/mol. The number of nitrogens with one attached hydrogen (secondary N) is 1. The van der Waals surface area contributed by atoms with Crippen molar-refractivity contribution in [1.82, 2.24) is 10.5 Å². The van der Waals surface area contributed by atoms with Gasteiger partial charge in [0, 0.05) is 19.8 Å². The van der Waals surface area contributed by atoms with Crippen LogP contribution in [0, 0.1) is 0 Å². The van der Waals surface area contributed by atoms with Crippen molar-refractivity contribution in [2.75, 3.05) is 33.5 Å². The lowest BCUT2D eigenvalue weighted by atomic mass is 10.3. The number of carboxylic acids is 1. The Hall–Kier alpha value is -1.44. The molecule has 0 aliphatic carbocycles. The fraction of sp³-hybridized carbons (Fsp3) is 0.667. The number of nitrogens with zero attached hydrogens (tertiary/aromatic N) is 1. The van der Waals surface area contributed by atoms with Crippen LogP contribution in [0.25, 0.3) is 0 Å². The van der Waals surface area contributed by atoms with E-state index in [4.69, 9.17) is 19.1 Å². The second-order valence-corrected chi connectivity index (χ2v) is 3.97. The third-order valence-electron chi connectivity index (χ3n) is 2.40. The van der Waals surface area contributed by atoms with Gasteiger partial charge in [-0.25, -0.2) is 4.79 Å². The number of aromatic carboxylic acids is 1. The fourth-order valence-corrected chi connectivity index (χ4v) is 1.41. The zero-order chi connectivity index (χ0) is 13.9. The summed E-state index contributed by atoms with van der Waals surface area (Å²) in [5, 5.41) is 15.2. The van der Waals surface area contributed by atoms with Gasteiger partial charge in [0.05, 0.1) is 19.8 Å². The molecule has 0 aliphatic rings. The molecule has 1 aromatic rings. The predicted octanol–water partition coefficient (Wildman–Crippen LogP) is 0.906. The number of hydrogen-bond acceptors (Lipinski definition) is 6. The van der Waals surface area contributed by atoms with Crippen LogP contribution in [0.1, 0.15) is 29.1 Å². The molecule has 19 heavy (non-hydrogen) atoms. The first kappa shape index (κ1) is 15.6. The van der Waals surface area contributed by atoms with Crippen LogP contribution in [-0.2, 0) is 16.0 Å². The maximum absolute atomic E-state index is 10.6. The molecule has 0 aliphatic heterocycles. The molecule has 1 rings (SSSR count). The summed E-state index contributed by atoms with van der Waals surface area (Å²) in [7, 11) is 1.65. The number of carboxylic acid groups (broad SMARTS) is 1. The lowest BCUT2D eigenvalue weighted by Crippen LogP contribution is -2.15. The summed E-state index contributed by atoms with van der Waals surface area (Å²) >= 11 is 0. The van der Waals surface area contributed by atoms with Crippen LogP contribution >= 0.6 is 0 Å². The van der Waals surface area contributed by atoms with Gasteiger partial charge in [0.25, 0.3) is 0 Å². The number of hydrogen-bond donors (Lipinski definition) is 2. The van der Waals surface area contributed by atoms with E-state index in [-0.39, 0.29) is 5.69 Å². The summed E-state index contributed by atoms with van der Waals surface area (Å²) in [6.07, 6.45) is 1.94. The highest BCUT2D eigenvalue weighted by atomic mass is 16.5. The number of aromatic nitrogens is 1. The molecular formula is C12H20N2O5. The molecular weight excluding hydrogens is 252 g/mol. The molecule has 2 N–H and O–H groups in total. The van der Waals surface area contributed by atoms with E-state index >= 15 is 0 Å². The van der Waals surface area contributed by atoms with Crippen molar-refractivity contribution >= 4 is 5.97 Å². The van der Waals surface area contributed by atoms with Gasteiger partial charge in [0.15, 0.2) is 11.5 Å². The van der Waals surface area contributed by atoms with Gasteiger partial charge in [-0.1, -0.05) is 5.16 Å². The summed E-state index contributed by atoms with van der Waals surface area (Å²) in [6.45, 7) is 3.26. The van der Waals surface area contributed by atoms with Crippen molar-refractivity contribution in [2.24, 2.45) is 0 Å². The van der Waals surface area contributed by atoms with E-state index in [2.05, 4.69) is 10.5 Å². The van der Waals surface area contributed by atoms with E-state index in [1.54, 1.807) is 7.11 Å². The summed E-state index contributed by atoms with van der Waals surface area (Å²) < 4.78 is 15.0. The smallest absolute Gasteiger partial charge is 0.358 e. The summed E-state index contributed by atoms with van der Waals surface area (Å²) in [4.78, 5) is 10.6. The van der Waals surface area contributed by atoms with Crippen LogP contribution < -0.4 is 5.32 Å². The fourth-order valence-electron chi connectivity index (χ4n) is 1.41. The van der Waals surface area contributed by atoms with Gasteiger partial charge in [-0.2, -0.15) is 0 Å². The SMILES string of the molecule is COCCOCCCCNCc1cc(C(=O)O)no1. The summed E-state index contributed by atoms with van der Waals surface area (Å²) in [5.41, 5.74) is -0.0663. The third-order valence-corrected chi connectivity index (χ3v) is 2.40. The highest BCUT2D eigenvalue weighted by molar-refractivity contribution is 5.85. The Kier molecular flexibility index (Phi) is 7.80. The Labute approximate surface area is 111 Å². The lowest BCUT2D eigenvalue weighted by Gasteiger charge is -2.04. The molecule has 0 unspecified atom stereocenters. The average Bonchev–Trinajstić information content (AvgIpc) is 2.86. The molecule has 0 fully saturated rings. The van der Waals surface area contributed by atoms with Crippen LogP contribution in [0.5, 0.6) is 0 Å². The number of methoxy groups -OCH3 is 1. The van der Waals surface area contributed by atoms with Crippen LogP contribution in [0.15, 0.2) is 10.6 Å². The highest BCUT2D eigenvalue weighted by Gasteiger charge is 2.09. The van der Waals surface area contributed by atoms with E-state index < -0.39 is 5.97 Å². The molecule has 0 atom stereocenters. The van der Waals surface area contributed by atoms with Crippen LogP contribution in [-0.4, -0.2) is 49.7 Å². The number of ether oxygens (including phenoxy) is 2. The molecule has 0 aromatic carbocycles. The standard InChI is InChI=1S/C12H20N2O5/c1-17-6-7-18-5-3-2-4-13-9-10-8-11(12(15)16)14-19-10/h8,13H,2-7,9H2,1H3,(H,15,16). The largest absolute Gasteiger partial charge is 0.476 e. The Morgan fingerprint density at radius 1 is 1.42 bits per heavy atom. The Bertz CT molecular complexity index is 367. The number of unbranched alkanes of at least 4 members (excludes halogenated alkanes) is 1. The molecule has 7 nitrogen and oxygen atoms in total. The molecule has 108 valence electrons. The first-order chi connectivity index (χ1) is 9.24. The van der Waals surface area contributed by atoms with Gasteiger partial charge in [-0.15, -0.1) is 0 Å². The van der Waals surface area contributed by atoms with Gasteiger partial charge in [-0.3, -0.25) is 0 Å². The van der Waals surface area contributed by atoms with E-state index in [9.17, 15) is 4.79 Å². The quantitative estimate of drug-likeness (QED) is 0.578. The van der Waals surface area contributed by atoms with E-state index in [1.165, 1.54) is 6.07 Å². The zero-order valence-electron chi connectivity index (χ0n) is 11.1. The summed E-state index contributed by atoms with van der Waals surface area (Å²) in [6, 6.07) is 1.42. The third kappa shape index (κ3) is 6.90. The van der Waals surface area contributed by atoms with Gasteiger partial charge >= 0.3 is 5.97 Å². The topological polar surface area (TPSA) is 93.8 Å². The Morgan fingerprint density at radius 2 is 2.26 bits per heavy atom. The van der Waals surface area contributed by atoms with E-state index in [0.717, 1.165) is 26.0 Å². The lowest BCUT2D eigenvalue weighted by molar-refractivity contribution is 0.0685. The Morgan fingerprint density at radius 3 is 2.95 bits per heavy atom. The van der Waals surface area contributed by atoms with Crippen molar-refractivity contribution < 1.29 is 23.9 Å². The van der Waals surface area contributed by atoms with Crippen molar-refractivity contribution in [3.05, 3.63) is 17.5 Å². The van der Waals surface area contributed by atoms with Gasteiger partial charge in [-0.05, 0) is 19.4 Å². The second kappa shape index (κ2) is 9.48. The van der Waals surface area contributed by atoms with Crippen LogP contribution in [0.2, 0.25) is 0 Å². The average molecular weight is 272 g/mol. The van der Waals surface area contributed by atoms with Gasteiger partial charge < -0.3 is 24.4 Å². The molecule has 0 spiro atoms. The first-order valence-corrected chi connectivity index (χ1v) is 6.20. The van der Waals surface area contributed by atoms with E-state index in [0.29, 0.717) is 25.5 Å². The molecule has 1 aromatic heterocycles. The van der Waals surface area contributed by atoms with Gasteiger partial charge in [0.2, 0.25) is 0 Å². The molecule has 0 radical (unpaired) electrons. The maximum Gasteiger partial charge on any atom is 0.358 e. The molecule has 0 saturated carbocycles. The first-order valence-electron chi connectivity index (χ1n) is 6.20. The number of carbonyl (C=O) groups is 1. The molecule has 0 amide bonds. The van der Waals surface area contributed by atoms with Crippen molar-refractivity contribution in [2.45, 2.75) is 19.4 Å². The minimum Gasteiger partial charge on any atom is -0.476 e. The molecule has 7 heteroatoms. The minimum atomic E-state index is -1.08. The predicted molar refractivity (Wildman–Crippen MR) is 67.1 cm³/mol. The second-order valence-electron chi connectivity index (χ2n) is 3.97. The van der Waals surface area contributed by atoms with Crippen LogP contribution in [0.3, 0.4) is 0 Å². The van der Waals surface area contributed by atoms with E-state index in [1.807, 2.05) is 0 Å². The minimum absolute atomic E-state index is 0.0663. The van der Waals surface area contributed by atoms with Crippen molar-refractivity contribution in [3.8, 4) is 0 Å². The molecule has 1 heterocycles. The molecule has 0 saturated heterocycles.